The van der Waals surface area contributed by atoms with Gasteiger partial charge < -0.3 is 20.5 Å². The second-order valence-corrected chi connectivity index (χ2v) is 8.35. The second kappa shape index (κ2) is 9.13. The number of allylic oxidation sites excluding steroid dienone is 2. The fourth-order valence-corrected chi connectivity index (χ4v) is 4.56. The number of carbonyl (C=O) groups is 3. The first-order valence-electron chi connectivity index (χ1n) is 9.56. The Kier molecular flexibility index (Phi) is 6.56. The SMILES string of the molecule is COc1ccccc1NC(=O)c1c(NC(=O)C2CC=CCC2C(=O)O)sc(C)c1C. The van der Waals surface area contributed by atoms with Crippen LogP contribution in [-0.2, 0) is 9.59 Å². The molecule has 3 rings (SSSR count). The van der Waals surface area contributed by atoms with E-state index in [0.29, 0.717) is 34.8 Å². The number of methoxy groups -OCH3 is 1. The number of amides is 2. The average Bonchev–Trinajstić information content (AvgIpc) is 3.01. The molecule has 1 aliphatic rings. The number of benzene rings is 1. The summed E-state index contributed by atoms with van der Waals surface area (Å²) in [5.41, 5.74) is 1.66. The number of thiophene rings is 1. The van der Waals surface area contributed by atoms with Crippen LogP contribution in [0.2, 0.25) is 0 Å². The molecule has 1 aromatic carbocycles. The van der Waals surface area contributed by atoms with E-state index in [-0.39, 0.29) is 11.8 Å². The standard InChI is InChI=1S/C22H24N2O5S/c1-12-13(2)30-21(24-19(25)14-8-4-5-9-15(14)22(27)28)18(12)20(26)23-16-10-6-7-11-17(16)29-3/h4-7,10-11,14-15H,8-9H2,1-3H3,(H,23,26)(H,24,25)(H,27,28). The van der Waals surface area contributed by atoms with Gasteiger partial charge in [0, 0.05) is 4.88 Å². The van der Waals surface area contributed by atoms with Gasteiger partial charge in [-0.05, 0) is 44.4 Å². The topological polar surface area (TPSA) is 105 Å². The van der Waals surface area contributed by atoms with Crippen LogP contribution in [0.15, 0.2) is 36.4 Å². The van der Waals surface area contributed by atoms with Crippen LogP contribution in [0, 0.1) is 25.7 Å². The fraction of sp³-hybridized carbons (Fsp3) is 0.318. The quantitative estimate of drug-likeness (QED) is 0.597. The van der Waals surface area contributed by atoms with Gasteiger partial charge in [-0.15, -0.1) is 11.3 Å². The molecule has 0 radical (unpaired) electrons. The number of aliphatic carboxylic acids is 1. The van der Waals surface area contributed by atoms with Crippen LogP contribution in [0.4, 0.5) is 10.7 Å². The van der Waals surface area contributed by atoms with E-state index in [1.165, 1.54) is 18.4 Å². The predicted molar refractivity (Wildman–Crippen MR) is 116 cm³/mol. The molecule has 0 fully saturated rings. The maximum Gasteiger partial charge on any atom is 0.307 e. The van der Waals surface area contributed by atoms with E-state index >= 15 is 0 Å². The number of para-hydroxylation sites is 2. The number of aryl methyl sites for hydroxylation is 1. The van der Waals surface area contributed by atoms with Gasteiger partial charge in [-0.3, -0.25) is 14.4 Å². The highest BCUT2D eigenvalue weighted by Gasteiger charge is 2.35. The number of nitrogens with one attached hydrogen (secondary N) is 2. The van der Waals surface area contributed by atoms with Gasteiger partial charge in [0.05, 0.1) is 30.2 Å². The lowest BCUT2D eigenvalue weighted by molar-refractivity contribution is -0.146. The maximum absolute atomic E-state index is 13.1. The minimum Gasteiger partial charge on any atom is -0.495 e. The average molecular weight is 429 g/mol. The van der Waals surface area contributed by atoms with Gasteiger partial charge in [0.2, 0.25) is 5.91 Å². The molecule has 0 bridgehead atoms. The van der Waals surface area contributed by atoms with Crippen LogP contribution in [-0.4, -0.2) is 30.0 Å². The molecular weight excluding hydrogens is 404 g/mol. The highest BCUT2D eigenvalue weighted by Crippen LogP contribution is 2.35. The van der Waals surface area contributed by atoms with Crippen molar-refractivity contribution in [2.75, 3.05) is 17.7 Å². The largest absolute Gasteiger partial charge is 0.495 e. The van der Waals surface area contributed by atoms with Crippen molar-refractivity contribution in [3.05, 3.63) is 52.4 Å². The third kappa shape index (κ3) is 4.38. The van der Waals surface area contributed by atoms with Crippen LogP contribution >= 0.6 is 11.3 Å². The van der Waals surface area contributed by atoms with Gasteiger partial charge in [0.1, 0.15) is 10.8 Å². The van der Waals surface area contributed by atoms with Crippen molar-refractivity contribution in [3.8, 4) is 5.75 Å². The number of rotatable bonds is 6. The fourth-order valence-electron chi connectivity index (χ4n) is 3.50. The minimum absolute atomic E-state index is 0.317. The number of anilines is 2. The molecule has 0 spiro atoms. The lowest BCUT2D eigenvalue weighted by atomic mass is 9.82. The number of hydrogen-bond donors (Lipinski definition) is 3. The Morgan fingerprint density at radius 1 is 1.07 bits per heavy atom. The number of hydrogen-bond acceptors (Lipinski definition) is 5. The molecule has 0 saturated heterocycles. The minimum atomic E-state index is -0.993. The summed E-state index contributed by atoms with van der Waals surface area (Å²) in [4.78, 5) is 38.4. The molecule has 2 unspecified atom stereocenters. The van der Waals surface area contributed by atoms with Crippen molar-refractivity contribution in [3.63, 3.8) is 0 Å². The Hall–Kier alpha value is -3.13. The van der Waals surface area contributed by atoms with Crippen molar-refractivity contribution in [1.82, 2.24) is 0 Å². The molecule has 1 aliphatic carbocycles. The molecule has 7 nitrogen and oxygen atoms in total. The molecule has 0 saturated carbocycles. The molecule has 30 heavy (non-hydrogen) atoms. The van der Waals surface area contributed by atoms with Gasteiger partial charge >= 0.3 is 5.97 Å². The molecule has 0 aliphatic heterocycles. The molecule has 3 N–H and O–H groups in total. The van der Waals surface area contributed by atoms with Crippen molar-refractivity contribution < 1.29 is 24.2 Å². The maximum atomic E-state index is 13.1. The number of carboxylic acid groups (broad SMARTS) is 1. The summed E-state index contributed by atoms with van der Waals surface area (Å²) < 4.78 is 5.28. The van der Waals surface area contributed by atoms with Gasteiger partial charge in [-0.1, -0.05) is 24.3 Å². The first-order valence-corrected chi connectivity index (χ1v) is 10.4. The van der Waals surface area contributed by atoms with Gasteiger partial charge in [0.25, 0.3) is 5.91 Å². The van der Waals surface area contributed by atoms with E-state index in [9.17, 15) is 19.5 Å². The van der Waals surface area contributed by atoms with Crippen LogP contribution < -0.4 is 15.4 Å². The predicted octanol–water partition coefficient (Wildman–Crippen LogP) is 4.23. The molecule has 1 heterocycles. The Morgan fingerprint density at radius 3 is 2.40 bits per heavy atom. The van der Waals surface area contributed by atoms with E-state index in [1.807, 2.05) is 19.9 Å². The highest BCUT2D eigenvalue weighted by molar-refractivity contribution is 7.16. The summed E-state index contributed by atoms with van der Waals surface area (Å²) >= 11 is 1.30. The van der Waals surface area contributed by atoms with E-state index in [2.05, 4.69) is 10.6 Å². The molecule has 2 amide bonds. The van der Waals surface area contributed by atoms with Gasteiger partial charge in [-0.25, -0.2) is 0 Å². The molecule has 2 atom stereocenters. The van der Waals surface area contributed by atoms with Crippen LogP contribution in [0.1, 0.15) is 33.6 Å². The lowest BCUT2D eigenvalue weighted by Crippen LogP contribution is -2.35. The smallest absolute Gasteiger partial charge is 0.307 e. The summed E-state index contributed by atoms with van der Waals surface area (Å²) in [5, 5.41) is 15.5. The molecule has 2 aromatic rings. The third-order valence-electron chi connectivity index (χ3n) is 5.29. The normalized spacial score (nSPS) is 18.0. The van der Waals surface area contributed by atoms with Crippen molar-refractivity contribution in [2.24, 2.45) is 11.8 Å². The first-order chi connectivity index (χ1) is 14.3. The van der Waals surface area contributed by atoms with E-state index in [1.54, 1.807) is 30.3 Å². The number of carbonyl (C=O) groups excluding carboxylic acids is 2. The summed E-state index contributed by atoms with van der Waals surface area (Å²) in [7, 11) is 1.52. The Bertz CT molecular complexity index is 1010. The summed E-state index contributed by atoms with van der Waals surface area (Å²) in [6, 6.07) is 7.06. The van der Waals surface area contributed by atoms with Crippen LogP contribution in [0.25, 0.3) is 0 Å². The van der Waals surface area contributed by atoms with Crippen molar-refractivity contribution in [1.29, 1.82) is 0 Å². The van der Waals surface area contributed by atoms with E-state index < -0.39 is 17.8 Å². The molecule has 8 heteroatoms. The molecule has 158 valence electrons. The van der Waals surface area contributed by atoms with Gasteiger partial charge in [0.15, 0.2) is 0 Å². The lowest BCUT2D eigenvalue weighted by Gasteiger charge is -2.24. The zero-order valence-electron chi connectivity index (χ0n) is 17.0. The summed E-state index contributed by atoms with van der Waals surface area (Å²) in [5.74, 6) is -2.68. The highest BCUT2D eigenvalue weighted by atomic mass is 32.1. The summed E-state index contributed by atoms with van der Waals surface area (Å²) in [6.07, 6.45) is 4.28. The molecule has 1 aromatic heterocycles. The van der Waals surface area contributed by atoms with E-state index in [0.717, 1.165) is 10.4 Å². The number of ether oxygens (including phenoxy) is 1. The zero-order chi connectivity index (χ0) is 21.8. The second-order valence-electron chi connectivity index (χ2n) is 7.13. The van der Waals surface area contributed by atoms with Crippen LogP contribution in [0.3, 0.4) is 0 Å². The van der Waals surface area contributed by atoms with E-state index in [4.69, 9.17) is 4.74 Å². The van der Waals surface area contributed by atoms with Crippen molar-refractivity contribution in [2.45, 2.75) is 26.7 Å². The summed E-state index contributed by atoms with van der Waals surface area (Å²) in [6.45, 7) is 3.70. The number of carboxylic acids is 1. The Morgan fingerprint density at radius 2 is 1.73 bits per heavy atom. The Balaban J connectivity index is 1.86. The molecular formula is C22H24N2O5S. The Labute approximate surface area is 178 Å². The first kappa shape index (κ1) is 21.6. The third-order valence-corrected chi connectivity index (χ3v) is 6.41. The van der Waals surface area contributed by atoms with Crippen LogP contribution in [0.5, 0.6) is 5.75 Å². The van der Waals surface area contributed by atoms with Gasteiger partial charge in [-0.2, -0.15) is 0 Å². The van der Waals surface area contributed by atoms with Crippen molar-refractivity contribution >= 4 is 39.8 Å². The zero-order valence-corrected chi connectivity index (χ0v) is 17.8. The monoisotopic (exact) mass is 428 g/mol.